The third-order valence-electron chi connectivity index (χ3n) is 3.35. The summed E-state index contributed by atoms with van der Waals surface area (Å²) in [7, 11) is 0. The number of fused-ring (bicyclic) bond motifs is 1. The maximum Gasteiger partial charge on any atom is 0.389 e. The summed E-state index contributed by atoms with van der Waals surface area (Å²) in [6.45, 7) is 3.97. The van der Waals surface area contributed by atoms with Gasteiger partial charge in [0.2, 0.25) is 0 Å². The molecule has 118 valence electrons. The Labute approximate surface area is 122 Å². The molecule has 2 rings (SSSR count). The first-order valence-corrected chi connectivity index (χ1v) is 6.94. The summed E-state index contributed by atoms with van der Waals surface area (Å²) in [4.78, 5) is 0. The average Bonchev–Trinajstić information content (AvgIpc) is 2.33. The van der Waals surface area contributed by atoms with Crippen LogP contribution in [-0.2, 0) is 0 Å². The van der Waals surface area contributed by atoms with E-state index in [2.05, 4.69) is 0 Å². The molecule has 1 aliphatic heterocycles. The fourth-order valence-corrected chi connectivity index (χ4v) is 2.44. The molecule has 0 saturated carbocycles. The first-order chi connectivity index (χ1) is 9.66. The fourth-order valence-electron chi connectivity index (χ4n) is 2.44. The van der Waals surface area contributed by atoms with E-state index in [4.69, 9.17) is 15.2 Å². The number of alkyl halides is 3. The number of halogens is 3. The van der Waals surface area contributed by atoms with E-state index in [0.29, 0.717) is 17.9 Å². The predicted molar refractivity (Wildman–Crippen MR) is 73.5 cm³/mol. The maximum absolute atomic E-state index is 12.0. The SMILES string of the molecule is CC1(C)CC(N)c2cc(OCCCC(F)(F)F)ccc2O1. The van der Waals surface area contributed by atoms with Gasteiger partial charge in [0.1, 0.15) is 17.1 Å². The van der Waals surface area contributed by atoms with Crippen LogP contribution in [0.15, 0.2) is 18.2 Å². The van der Waals surface area contributed by atoms with E-state index in [-0.39, 0.29) is 24.7 Å². The molecule has 0 spiro atoms. The van der Waals surface area contributed by atoms with Crippen molar-refractivity contribution < 1.29 is 22.6 Å². The van der Waals surface area contributed by atoms with E-state index < -0.39 is 12.6 Å². The summed E-state index contributed by atoms with van der Waals surface area (Å²) in [5.41, 5.74) is 6.64. The molecule has 0 amide bonds. The van der Waals surface area contributed by atoms with Crippen LogP contribution in [0, 0.1) is 0 Å². The van der Waals surface area contributed by atoms with E-state index in [9.17, 15) is 13.2 Å². The van der Waals surface area contributed by atoms with Crippen LogP contribution in [0.1, 0.15) is 44.7 Å². The zero-order valence-corrected chi connectivity index (χ0v) is 12.2. The lowest BCUT2D eigenvalue weighted by molar-refractivity contribution is -0.136. The van der Waals surface area contributed by atoms with Gasteiger partial charge in [-0.2, -0.15) is 13.2 Å². The van der Waals surface area contributed by atoms with Gasteiger partial charge in [-0.25, -0.2) is 0 Å². The molecule has 1 heterocycles. The second-order valence-corrected chi connectivity index (χ2v) is 5.94. The van der Waals surface area contributed by atoms with E-state index in [0.717, 1.165) is 5.56 Å². The molecule has 1 aliphatic rings. The smallest absolute Gasteiger partial charge is 0.389 e. The highest BCUT2D eigenvalue weighted by atomic mass is 19.4. The molecule has 3 nitrogen and oxygen atoms in total. The van der Waals surface area contributed by atoms with Crippen LogP contribution < -0.4 is 15.2 Å². The van der Waals surface area contributed by atoms with Crippen LogP contribution in [0.2, 0.25) is 0 Å². The summed E-state index contributed by atoms with van der Waals surface area (Å²) < 4.78 is 47.3. The Morgan fingerprint density at radius 1 is 1.38 bits per heavy atom. The molecule has 0 aromatic heterocycles. The van der Waals surface area contributed by atoms with E-state index in [1.165, 1.54) is 0 Å². The minimum Gasteiger partial charge on any atom is -0.494 e. The number of benzene rings is 1. The molecule has 0 bridgehead atoms. The fraction of sp³-hybridized carbons (Fsp3) is 0.600. The van der Waals surface area contributed by atoms with Crippen molar-refractivity contribution in [1.82, 2.24) is 0 Å². The van der Waals surface area contributed by atoms with Crippen molar-refractivity contribution in [2.75, 3.05) is 6.61 Å². The molecule has 0 aliphatic carbocycles. The lowest BCUT2D eigenvalue weighted by Gasteiger charge is -2.36. The summed E-state index contributed by atoms with van der Waals surface area (Å²) in [6.07, 6.45) is -4.36. The van der Waals surface area contributed by atoms with Gasteiger partial charge in [0.25, 0.3) is 0 Å². The lowest BCUT2D eigenvalue weighted by atomic mass is 9.90. The van der Waals surface area contributed by atoms with Crippen molar-refractivity contribution in [2.24, 2.45) is 5.73 Å². The minimum atomic E-state index is -4.14. The van der Waals surface area contributed by atoms with Crippen LogP contribution >= 0.6 is 0 Å². The van der Waals surface area contributed by atoms with Gasteiger partial charge in [-0.3, -0.25) is 0 Å². The molecule has 1 aromatic carbocycles. The Hall–Kier alpha value is -1.43. The molecule has 6 heteroatoms. The number of nitrogens with two attached hydrogens (primary N) is 1. The topological polar surface area (TPSA) is 44.5 Å². The molecule has 0 fully saturated rings. The molecule has 2 N–H and O–H groups in total. The molecule has 1 atom stereocenters. The molecular formula is C15H20F3NO2. The van der Waals surface area contributed by atoms with Crippen molar-refractivity contribution in [2.45, 2.75) is 50.9 Å². The third-order valence-corrected chi connectivity index (χ3v) is 3.35. The Morgan fingerprint density at radius 3 is 2.76 bits per heavy atom. The third kappa shape index (κ3) is 4.52. The largest absolute Gasteiger partial charge is 0.494 e. The van der Waals surface area contributed by atoms with Gasteiger partial charge in [0.05, 0.1) is 6.61 Å². The zero-order valence-electron chi connectivity index (χ0n) is 12.2. The van der Waals surface area contributed by atoms with Crippen LogP contribution in [-0.4, -0.2) is 18.4 Å². The van der Waals surface area contributed by atoms with Gasteiger partial charge in [-0.05, 0) is 38.5 Å². The molecule has 0 saturated heterocycles. The Bertz CT molecular complexity index is 500. The van der Waals surface area contributed by atoms with Gasteiger partial charge in [0, 0.05) is 24.4 Å². The van der Waals surface area contributed by atoms with E-state index >= 15 is 0 Å². The molecular weight excluding hydrogens is 283 g/mol. The van der Waals surface area contributed by atoms with Crippen molar-refractivity contribution in [1.29, 1.82) is 0 Å². The van der Waals surface area contributed by atoms with Crippen LogP contribution in [0.5, 0.6) is 11.5 Å². The standard InChI is InChI=1S/C15H20F3NO2/c1-14(2)9-12(19)11-8-10(4-5-13(11)21-14)20-7-3-6-15(16,17)18/h4-5,8,12H,3,6-7,9,19H2,1-2H3. The van der Waals surface area contributed by atoms with Crippen LogP contribution in [0.3, 0.4) is 0 Å². The summed E-state index contributed by atoms with van der Waals surface area (Å²) >= 11 is 0. The molecule has 1 aromatic rings. The van der Waals surface area contributed by atoms with Crippen molar-refractivity contribution >= 4 is 0 Å². The number of hydrogen-bond donors (Lipinski definition) is 1. The first kappa shape index (κ1) is 15.9. The summed E-state index contributed by atoms with van der Waals surface area (Å²) in [6, 6.07) is 5.04. The molecule has 1 unspecified atom stereocenters. The number of ether oxygens (including phenoxy) is 2. The van der Waals surface area contributed by atoms with Crippen LogP contribution in [0.25, 0.3) is 0 Å². The van der Waals surface area contributed by atoms with E-state index in [1.54, 1.807) is 18.2 Å². The van der Waals surface area contributed by atoms with Crippen molar-refractivity contribution in [3.63, 3.8) is 0 Å². The maximum atomic E-state index is 12.0. The Kier molecular flexibility index (Phi) is 4.37. The Morgan fingerprint density at radius 2 is 2.10 bits per heavy atom. The highest BCUT2D eigenvalue weighted by molar-refractivity contribution is 5.44. The summed E-state index contributed by atoms with van der Waals surface area (Å²) in [5, 5.41) is 0. The summed E-state index contributed by atoms with van der Waals surface area (Å²) in [5.74, 6) is 1.23. The second kappa shape index (κ2) is 5.75. The van der Waals surface area contributed by atoms with Crippen molar-refractivity contribution in [3.8, 4) is 11.5 Å². The van der Waals surface area contributed by atoms with Gasteiger partial charge >= 0.3 is 6.18 Å². The lowest BCUT2D eigenvalue weighted by Crippen LogP contribution is -2.37. The van der Waals surface area contributed by atoms with Gasteiger partial charge in [-0.1, -0.05) is 0 Å². The average molecular weight is 303 g/mol. The number of rotatable bonds is 4. The normalized spacial score (nSPS) is 20.6. The quantitative estimate of drug-likeness (QED) is 0.856. The van der Waals surface area contributed by atoms with Gasteiger partial charge in [0.15, 0.2) is 0 Å². The first-order valence-electron chi connectivity index (χ1n) is 6.94. The monoisotopic (exact) mass is 303 g/mol. The van der Waals surface area contributed by atoms with Gasteiger partial charge in [-0.15, -0.1) is 0 Å². The van der Waals surface area contributed by atoms with Crippen molar-refractivity contribution in [3.05, 3.63) is 23.8 Å². The highest BCUT2D eigenvalue weighted by Crippen LogP contribution is 2.39. The van der Waals surface area contributed by atoms with E-state index in [1.807, 2.05) is 13.8 Å². The van der Waals surface area contributed by atoms with Crippen LogP contribution in [0.4, 0.5) is 13.2 Å². The zero-order chi connectivity index (χ0) is 15.7. The second-order valence-electron chi connectivity index (χ2n) is 5.94. The predicted octanol–water partition coefficient (Wildman–Crippen LogP) is 3.97. The number of hydrogen-bond acceptors (Lipinski definition) is 3. The minimum absolute atomic E-state index is 0.0277. The highest BCUT2D eigenvalue weighted by Gasteiger charge is 2.32. The Balaban J connectivity index is 1.97. The molecule has 21 heavy (non-hydrogen) atoms. The van der Waals surface area contributed by atoms with Gasteiger partial charge < -0.3 is 15.2 Å². The molecule has 0 radical (unpaired) electrons.